The van der Waals surface area contributed by atoms with Gasteiger partial charge in [0, 0.05) is 10.0 Å². The maximum absolute atomic E-state index is 11.7. The second-order valence-corrected chi connectivity index (χ2v) is 5.33. The molecule has 0 aliphatic rings. The Bertz CT molecular complexity index is 582. The quantitative estimate of drug-likeness (QED) is 0.822. The molecule has 3 nitrogen and oxygen atoms in total. The largest absolute Gasteiger partial charge is 0.492 e. The zero-order valence-electron chi connectivity index (χ0n) is 11.3. The van der Waals surface area contributed by atoms with Gasteiger partial charge in [-0.25, -0.2) is 0 Å². The van der Waals surface area contributed by atoms with Gasteiger partial charge in [0.1, 0.15) is 12.4 Å². The predicted octanol–water partition coefficient (Wildman–Crippen LogP) is 3.73. The van der Waals surface area contributed by atoms with Crippen LogP contribution in [0.15, 0.2) is 48.5 Å². The molecule has 2 rings (SSSR count). The highest BCUT2D eigenvalue weighted by molar-refractivity contribution is 6.30. The Morgan fingerprint density at radius 3 is 2.14 bits per heavy atom. The summed E-state index contributed by atoms with van der Waals surface area (Å²) in [7, 11) is 0. The van der Waals surface area contributed by atoms with Gasteiger partial charge < -0.3 is 10.1 Å². The van der Waals surface area contributed by atoms with Gasteiger partial charge in [0.2, 0.25) is 5.91 Å². The van der Waals surface area contributed by atoms with E-state index in [1.807, 2.05) is 12.1 Å². The maximum Gasteiger partial charge on any atom is 0.224 e. The molecule has 0 atom stereocenters. The molecule has 0 radical (unpaired) electrons. The van der Waals surface area contributed by atoms with E-state index in [0.29, 0.717) is 29.6 Å². The Hall–Kier alpha value is -1.71. The van der Waals surface area contributed by atoms with E-state index in [9.17, 15) is 4.79 Å². The fourth-order valence-electron chi connectivity index (χ4n) is 1.74. The highest BCUT2D eigenvalue weighted by Crippen LogP contribution is 2.15. The summed E-state index contributed by atoms with van der Waals surface area (Å²) in [4.78, 5) is 11.7. The topological polar surface area (TPSA) is 38.3 Å². The third-order valence-electron chi connectivity index (χ3n) is 2.78. The molecule has 0 unspecified atom stereocenters. The zero-order valence-corrected chi connectivity index (χ0v) is 12.8. The molecule has 0 saturated heterocycles. The van der Waals surface area contributed by atoms with Crippen LogP contribution in [0.4, 0.5) is 0 Å². The minimum Gasteiger partial charge on any atom is -0.492 e. The van der Waals surface area contributed by atoms with Crippen LogP contribution in [0.3, 0.4) is 0 Å². The second kappa shape index (κ2) is 7.91. The number of carbonyl (C=O) groups is 1. The lowest BCUT2D eigenvalue weighted by atomic mass is 10.1. The summed E-state index contributed by atoms with van der Waals surface area (Å²) in [6.45, 7) is 0.864. The molecule has 0 fully saturated rings. The van der Waals surface area contributed by atoms with Crippen molar-refractivity contribution in [3.05, 3.63) is 64.1 Å². The maximum atomic E-state index is 11.7. The molecular formula is C16H15Cl2NO2. The van der Waals surface area contributed by atoms with Gasteiger partial charge in [-0.05, 0) is 42.0 Å². The number of hydrogen-bond acceptors (Lipinski definition) is 2. The van der Waals surface area contributed by atoms with Gasteiger partial charge in [-0.15, -0.1) is 0 Å². The van der Waals surface area contributed by atoms with E-state index >= 15 is 0 Å². The van der Waals surface area contributed by atoms with Crippen molar-refractivity contribution in [3.63, 3.8) is 0 Å². The van der Waals surface area contributed by atoms with Crippen molar-refractivity contribution in [2.75, 3.05) is 13.2 Å². The Kier molecular flexibility index (Phi) is 5.90. The van der Waals surface area contributed by atoms with Crippen LogP contribution in [-0.4, -0.2) is 19.1 Å². The SMILES string of the molecule is O=C(Cc1ccc(Cl)cc1)NCCOc1ccc(Cl)cc1. The molecule has 0 aromatic heterocycles. The molecule has 2 aromatic carbocycles. The molecule has 0 aliphatic heterocycles. The molecule has 5 heteroatoms. The molecular weight excluding hydrogens is 309 g/mol. The zero-order chi connectivity index (χ0) is 15.1. The van der Waals surface area contributed by atoms with Crippen LogP contribution < -0.4 is 10.1 Å². The monoisotopic (exact) mass is 323 g/mol. The molecule has 0 saturated carbocycles. The molecule has 21 heavy (non-hydrogen) atoms. The highest BCUT2D eigenvalue weighted by atomic mass is 35.5. The molecule has 110 valence electrons. The van der Waals surface area contributed by atoms with Gasteiger partial charge in [0.25, 0.3) is 0 Å². The molecule has 1 amide bonds. The van der Waals surface area contributed by atoms with Gasteiger partial charge in [0.15, 0.2) is 0 Å². The third kappa shape index (κ3) is 5.66. The lowest BCUT2D eigenvalue weighted by Gasteiger charge is -2.08. The Labute approximate surface area is 133 Å². The van der Waals surface area contributed by atoms with Crippen molar-refractivity contribution in [2.45, 2.75) is 6.42 Å². The molecule has 0 bridgehead atoms. The number of benzene rings is 2. The number of amides is 1. The normalized spacial score (nSPS) is 10.2. The van der Waals surface area contributed by atoms with E-state index in [0.717, 1.165) is 11.3 Å². The van der Waals surface area contributed by atoms with Crippen molar-refractivity contribution in [2.24, 2.45) is 0 Å². The van der Waals surface area contributed by atoms with Crippen molar-refractivity contribution in [1.82, 2.24) is 5.32 Å². The van der Waals surface area contributed by atoms with Crippen LogP contribution in [0.2, 0.25) is 10.0 Å². The molecule has 0 spiro atoms. The first-order valence-electron chi connectivity index (χ1n) is 6.53. The van der Waals surface area contributed by atoms with Crippen molar-refractivity contribution in [1.29, 1.82) is 0 Å². The number of carbonyl (C=O) groups excluding carboxylic acids is 1. The van der Waals surface area contributed by atoms with Crippen LogP contribution in [0.1, 0.15) is 5.56 Å². The average molecular weight is 324 g/mol. The number of ether oxygens (including phenoxy) is 1. The van der Waals surface area contributed by atoms with E-state index in [2.05, 4.69) is 5.32 Å². The van der Waals surface area contributed by atoms with Crippen LogP contribution in [0.25, 0.3) is 0 Å². The van der Waals surface area contributed by atoms with Gasteiger partial charge >= 0.3 is 0 Å². The number of rotatable bonds is 6. The first-order chi connectivity index (χ1) is 10.1. The van der Waals surface area contributed by atoms with Gasteiger partial charge in [-0.3, -0.25) is 4.79 Å². The van der Waals surface area contributed by atoms with Gasteiger partial charge in [-0.1, -0.05) is 35.3 Å². The van der Waals surface area contributed by atoms with Crippen LogP contribution in [-0.2, 0) is 11.2 Å². The van der Waals surface area contributed by atoms with E-state index in [4.69, 9.17) is 27.9 Å². The number of halogens is 2. The molecule has 0 heterocycles. The van der Waals surface area contributed by atoms with Crippen LogP contribution in [0.5, 0.6) is 5.75 Å². The summed E-state index contributed by atoms with van der Waals surface area (Å²) in [5.41, 5.74) is 0.926. The predicted molar refractivity (Wildman–Crippen MR) is 85.1 cm³/mol. The second-order valence-electron chi connectivity index (χ2n) is 4.46. The van der Waals surface area contributed by atoms with Crippen LogP contribution in [0, 0.1) is 0 Å². The van der Waals surface area contributed by atoms with E-state index < -0.39 is 0 Å². The third-order valence-corrected chi connectivity index (χ3v) is 3.29. The standard InChI is InChI=1S/C16H15Cl2NO2/c17-13-3-1-12(2-4-13)11-16(20)19-9-10-21-15-7-5-14(18)6-8-15/h1-8H,9-11H2,(H,19,20). The van der Waals surface area contributed by atoms with Crippen molar-refractivity contribution >= 4 is 29.1 Å². The van der Waals surface area contributed by atoms with Gasteiger partial charge in [0.05, 0.1) is 13.0 Å². The Morgan fingerprint density at radius 2 is 1.52 bits per heavy atom. The van der Waals surface area contributed by atoms with E-state index in [1.54, 1.807) is 36.4 Å². The summed E-state index contributed by atoms with van der Waals surface area (Å²) in [6, 6.07) is 14.3. The van der Waals surface area contributed by atoms with Crippen molar-refractivity contribution in [3.8, 4) is 5.75 Å². The number of nitrogens with one attached hydrogen (secondary N) is 1. The first kappa shape index (κ1) is 15.7. The smallest absolute Gasteiger partial charge is 0.224 e. The van der Waals surface area contributed by atoms with Crippen molar-refractivity contribution < 1.29 is 9.53 Å². The summed E-state index contributed by atoms with van der Waals surface area (Å²) in [6.07, 6.45) is 0.331. The minimum absolute atomic E-state index is 0.0444. The average Bonchev–Trinajstić information content (AvgIpc) is 2.48. The van der Waals surface area contributed by atoms with E-state index in [-0.39, 0.29) is 5.91 Å². The van der Waals surface area contributed by atoms with Crippen LogP contribution >= 0.6 is 23.2 Å². The first-order valence-corrected chi connectivity index (χ1v) is 7.28. The fraction of sp³-hybridized carbons (Fsp3) is 0.188. The summed E-state index contributed by atoms with van der Waals surface area (Å²) < 4.78 is 5.49. The minimum atomic E-state index is -0.0444. The van der Waals surface area contributed by atoms with E-state index in [1.165, 1.54) is 0 Å². The Balaban J connectivity index is 1.67. The molecule has 1 N–H and O–H groups in total. The summed E-state index contributed by atoms with van der Waals surface area (Å²) in [5.74, 6) is 0.684. The Morgan fingerprint density at radius 1 is 0.952 bits per heavy atom. The highest BCUT2D eigenvalue weighted by Gasteiger charge is 2.03. The molecule has 0 aliphatic carbocycles. The lowest BCUT2D eigenvalue weighted by molar-refractivity contribution is -0.120. The lowest BCUT2D eigenvalue weighted by Crippen LogP contribution is -2.29. The fourth-order valence-corrected chi connectivity index (χ4v) is 1.99. The summed E-state index contributed by atoms with van der Waals surface area (Å²) >= 11 is 11.6. The van der Waals surface area contributed by atoms with Gasteiger partial charge in [-0.2, -0.15) is 0 Å². The number of hydrogen-bond donors (Lipinski definition) is 1. The molecule has 2 aromatic rings. The summed E-state index contributed by atoms with van der Waals surface area (Å²) in [5, 5.41) is 4.13.